The fraction of sp³-hybridized carbons (Fsp3) is 0.300. The number of benzene rings is 2. The summed E-state index contributed by atoms with van der Waals surface area (Å²) in [6, 6.07) is 12.5. The molecule has 6 heteroatoms. The minimum Gasteiger partial charge on any atom is -0.497 e. The van der Waals surface area contributed by atoms with Crippen LogP contribution < -0.4 is 14.8 Å². The molecule has 2 atom stereocenters. The molecule has 2 unspecified atom stereocenters. The van der Waals surface area contributed by atoms with Crippen LogP contribution >= 0.6 is 0 Å². The highest BCUT2D eigenvalue weighted by atomic mass is 16.5. The van der Waals surface area contributed by atoms with Crippen LogP contribution in [0.5, 0.6) is 11.5 Å². The first-order valence-corrected chi connectivity index (χ1v) is 8.41. The van der Waals surface area contributed by atoms with Gasteiger partial charge in [0.2, 0.25) is 5.91 Å². The summed E-state index contributed by atoms with van der Waals surface area (Å²) in [4.78, 5) is 23.7. The number of amides is 1. The first-order chi connectivity index (χ1) is 12.5. The second kappa shape index (κ2) is 7.47. The molecule has 0 fully saturated rings. The zero-order valence-corrected chi connectivity index (χ0v) is 14.7. The van der Waals surface area contributed by atoms with Gasteiger partial charge in [-0.3, -0.25) is 9.59 Å². The fourth-order valence-electron chi connectivity index (χ4n) is 2.94. The number of nitrogens with one attached hydrogen (secondary N) is 1. The molecule has 1 amide bonds. The zero-order valence-electron chi connectivity index (χ0n) is 14.7. The Kier molecular flexibility index (Phi) is 5.11. The molecule has 2 aromatic rings. The second-order valence-corrected chi connectivity index (χ2v) is 6.36. The number of rotatable bonds is 5. The van der Waals surface area contributed by atoms with E-state index in [1.54, 1.807) is 38.3 Å². The van der Waals surface area contributed by atoms with Crippen molar-refractivity contribution in [2.24, 2.45) is 5.92 Å². The number of hydrogen-bond donors (Lipinski definition) is 2. The molecule has 3 rings (SSSR count). The van der Waals surface area contributed by atoms with Gasteiger partial charge in [-0.05, 0) is 54.8 Å². The second-order valence-electron chi connectivity index (χ2n) is 6.36. The van der Waals surface area contributed by atoms with E-state index in [1.807, 2.05) is 18.2 Å². The Morgan fingerprint density at radius 2 is 2.08 bits per heavy atom. The summed E-state index contributed by atoms with van der Waals surface area (Å²) >= 11 is 0. The van der Waals surface area contributed by atoms with E-state index < -0.39 is 11.9 Å². The van der Waals surface area contributed by atoms with E-state index in [-0.39, 0.29) is 11.8 Å². The average molecular weight is 355 g/mol. The van der Waals surface area contributed by atoms with Crippen molar-refractivity contribution in [3.8, 4) is 11.5 Å². The van der Waals surface area contributed by atoms with Crippen molar-refractivity contribution in [3.63, 3.8) is 0 Å². The number of methoxy groups -OCH3 is 1. The third-order valence-electron chi connectivity index (χ3n) is 4.57. The van der Waals surface area contributed by atoms with E-state index in [0.717, 1.165) is 17.1 Å². The van der Waals surface area contributed by atoms with Gasteiger partial charge in [0.15, 0.2) is 0 Å². The number of carbonyl (C=O) groups is 2. The molecule has 1 heterocycles. The van der Waals surface area contributed by atoms with E-state index >= 15 is 0 Å². The minimum absolute atomic E-state index is 0.154. The Balaban J connectivity index is 1.71. The highest BCUT2D eigenvalue weighted by molar-refractivity contribution is 5.93. The fourth-order valence-corrected chi connectivity index (χ4v) is 2.94. The number of anilines is 1. The van der Waals surface area contributed by atoms with Crippen LogP contribution in [-0.4, -0.2) is 30.7 Å². The van der Waals surface area contributed by atoms with Crippen LogP contribution in [0.15, 0.2) is 42.5 Å². The maximum atomic E-state index is 12.6. The van der Waals surface area contributed by atoms with Gasteiger partial charge >= 0.3 is 5.97 Å². The van der Waals surface area contributed by atoms with Crippen molar-refractivity contribution in [1.29, 1.82) is 0 Å². The number of aliphatic carboxylic acids is 1. The van der Waals surface area contributed by atoms with Gasteiger partial charge < -0.3 is 19.9 Å². The van der Waals surface area contributed by atoms with Crippen LogP contribution in [0.1, 0.15) is 24.0 Å². The van der Waals surface area contributed by atoms with Crippen LogP contribution in [-0.2, 0) is 16.0 Å². The average Bonchev–Trinajstić information content (AvgIpc) is 2.66. The molecule has 0 aromatic heterocycles. The Bertz CT molecular complexity index is 833. The lowest BCUT2D eigenvalue weighted by Crippen LogP contribution is -2.32. The Morgan fingerprint density at radius 1 is 1.27 bits per heavy atom. The van der Waals surface area contributed by atoms with Crippen LogP contribution in [0.3, 0.4) is 0 Å². The molecule has 6 nitrogen and oxygen atoms in total. The number of ether oxygens (including phenoxy) is 2. The molecule has 0 aliphatic carbocycles. The van der Waals surface area contributed by atoms with E-state index in [0.29, 0.717) is 24.3 Å². The maximum Gasteiger partial charge on any atom is 0.310 e. The highest BCUT2D eigenvalue weighted by Gasteiger charge is 2.26. The third-order valence-corrected chi connectivity index (χ3v) is 4.57. The van der Waals surface area contributed by atoms with Crippen LogP contribution in [0.2, 0.25) is 0 Å². The lowest BCUT2D eigenvalue weighted by atomic mass is 9.95. The SMILES string of the molecule is COc1ccc2c(c1)CC(C(=O)Nc1cccc(C(C)C(=O)O)c1)CO2. The van der Waals surface area contributed by atoms with Crippen LogP contribution in [0.4, 0.5) is 5.69 Å². The summed E-state index contributed by atoms with van der Waals surface area (Å²) in [5.74, 6) is -0.520. The molecule has 1 aliphatic rings. The van der Waals surface area contributed by atoms with Gasteiger partial charge in [0.1, 0.15) is 18.1 Å². The van der Waals surface area contributed by atoms with Gasteiger partial charge in [-0.25, -0.2) is 0 Å². The summed E-state index contributed by atoms with van der Waals surface area (Å²) in [5.41, 5.74) is 2.16. The predicted octanol–water partition coefficient (Wildman–Crippen LogP) is 3.07. The molecule has 0 radical (unpaired) electrons. The normalized spacial score (nSPS) is 16.8. The van der Waals surface area contributed by atoms with E-state index in [2.05, 4.69) is 5.32 Å². The van der Waals surface area contributed by atoms with Gasteiger partial charge in [0, 0.05) is 5.69 Å². The predicted molar refractivity (Wildman–Crippen MR) is 96.8 cm³/mol. The molecular formula is C20H21NO5. The van der Waals surface area contributed by atoms with E-state index in [9.17, 15) is 9.59 Å². The number of carbonyl (C=O) groups excluding carboxylic acids is 1. The summed E-state index contributed by atoms with van der Waals surface area (Å²) in [5, 5.41) is 12.0. The van der Waals surface area contributed by atoms with Gasteiger partial charge in [-0.1, -0.05) is 12.1 Å². The van der Waals surface area contributed by atoms with Crippen molar-refractivity contribution < 1.29 is 24.2 Å². The molecule has 0 saturated heterocycles. The Morgan fingerprint density at radius 3 is 2.81 bits per heavy atom. The highest BCUT2D eigenvalue weighted by Crippen LogP contribution is 2.31. The van der Waals surface area contributed by atoms with Gasteiger partial charge in [-0.15, -0.1) is 0 Å². The van der Waals surface area contributed by atoms with Crippen molar-refractivity contribution in [3.05, 3.63) is 53.6 Å². The summed E-state index contributed by atoms with van der Waals surface area (Å²) in [6.45, 7) is 1.92. The molecule has 26 heavy (non-hydrogen) atoms. The van der Waals surface area contributed by atoms with Crippen molar-refractivity contribution in [2.45, 2.75) is 19.3 Å². The molecule has 0 spiro atoms. The molecule has 0 saturated carbocycles. The Hall–Kier alpha value is -3.02. The topological polar surface area (TPSA) is 84.9 Å². The number of hydrogen-bond acceptors (Lipinski definition) is 4. The summed E-state index contributed by atoms with van der Waals surface area (Å²) in [7, 11) is 1.60. The zero-order chi connectivity index (χ0) is 18.7. The molecule has 0 bridgehead atoms. The molecule has 1 aliphatic heterocycles. The number of fused-ring (bicyclic) bond motifs is 1. The summed E-state index contributed by atoms with van der Waals surface area (Å²) < 4.78 is 10.9. The van der Waals surface area contributed by atoms with E-state index in [1.165, 1.54) is 0 Å². The first-order valence-electron chi connectivity index (χ1n) is 8.41. The molecule has 2 N–H and O–H groups in total. The van der Waals surface area contributed by atoms with Gasteiger partial charge in [0.25, 0.3) is 0 Å². The third kappa shape index (κ3) is 3.79. The monoisotopic (exact) mass is 355 g/mol. The lowest BCUT2D eigenvalue weighted by molar-refractivity contribution is -0.138. The van der Waals surface area contributed by atoms with Crippen LogP contribution in [0, 0.1) is 5.92 Å². The lowest BCUT2D eigenvalue weighted by Gasteiger charge is -2.25. The van der Waals surface area contributed by atoms with Crippen molar-refractivity contribution in [2.75, 3.05) is 19.0 Å². The number of carboxylic acids is 1. The standard InChI is InChI=1S/C20H21NO5/c1-12(20(23)24)13-4-3-5-16(9-13)21-19(22)15-8-14-10-17(25-2)6-7-18(14)26-11-15/h3-7,9-10,12,15H,8,11H2,1-2H3,(H,21,22)(H,23,24). The largest absolute Gasteiger partial charge is 0.497 e. The van der Waals surface area contributed by atoms with Gasteiger partial charge in [-0.2, -0.15) is 0 Å². The smallest absolute Gasteiger partial charge is 0.310 e. The minimum atomic E-state index is -0.903. The van der Waals surface area contributed by atoms with E-state index in [4.69, 9.17) is 14.6 Å². The molecular weight excluding hydrogens is 334 g/mol. The maximum absolute atomic E-state index is 12.6. The Labute approximate surface area is 151 Å². The van der Waals surface area contributed by atoms with Crippen molar-refractivity contribution >= 4 is 17.6 Å². The summed E-state index contributed by atoms with van der Waals surface area (Å²) in [6.07, 6.45) is 0.559. The first kappa shape index (κ1) is 17.8. The van der Waals surface area contributed by atoms with Gasteiger partial charge in [0.05, 0.1) is 18.9 Å². The molecule has 136 valence electrons. The molecule has 2 aromatic carbocycles. The quantitative estimate of drug-likeness (QED) is 0.861. The number of carboxylic acid groups (broad SMARTS) is 1. The van der Waals surface area contributed by atoms with Crippen LogP contribution in [0.25, 0.3) is 0 Å². The van der Waals surface area contributed by atoms with Crippen molar-refractivity contribution in [1.82, 2.24) is 0 Å².